The number of pyridine rings is 1. The highest BCUT2D eigenvalue weighted by Crippen LogP contribution is 2.16. The third-order valence-electron chi connectivity index (χ3n) is 2.81. The Morgan fingerprint density at radius 2 is 2.24 bits per heavy atom. The van der Waals surface area contributed by atoms with Crippen molar-refractivity contribution < 1.29 is 4.42 Å². The Bertz CT molecular complexity index is 493. The number of aromatic nitrogens is 1. The van der Waals surface area contributed by atoms with Crippen LogP contribution in [0.2, 0.25) is 0 Å². The molecule has 4 heteroatoms. The number of nitrogens with zero attached hydrogens (tertiary/aromatic N) is 2. The summed E-state index contributed by atoms with van der Waals surface area (Å²) in [6, 6.07) is 5.93. The van der Waals surface area contributed by atoms with Gasteiger partial charge in [0.1, 0.15) is 11.6 Å². The maximum atomic E-state index is 5.62. The first-order chi connectivity index (χ1) is 8.20. The number of aryl methyl sites for hydroxylation is 1. The first-order valence-corrected chi connectivity index (χ1v) is 5.60. The van der Waals surface area contributed by atoms with Gasteiger partial charge in [-0.1, -0.05) is 0 Å². The lowest BCUT2D eigenvalue weighted by molar-refractivity contribution is 0.529. The minimum atomic E-state index is 0.536. The zero-order valence-corrected chi connectivity index (χ0v) is 10.2. The Kier molecular flexibility index (Phi) is 3.44. The molecule has 0 saturated carbocycles. The van der Waals surface area contributed by atoms with E-state index in [1.54, 1.807) is 12.5 Å². The van der Waals surface area contributed by atoms with Gasteiger partial charge in [-0.3, -0.25) is 0 Å². The van der Waals surface area contributed by atoms with E-state index >= 15 is 0 Å². The molecule has 0 amide bonds. The molecule has 0 atom stereocenters. The summed E-state index contributed by atoms with van der Waals surface area (Å²) >= 11 is 0. The molecule has 0 aliphatic rings. The van der Waals surface area contributed by atoms with E-state index in [2.05, 4.69) is 9.88 Å². The second-order valence-corrected chi connectivity index (χ2v) is 4.08. The molecule has 0 bridgehead atoms. The molecule has 0 unspecified atom stereocenters. The molecule has 0 saturated heterocycles. The Hall–Kier alpha value is -1.81. The van der Waals surface area contributed by atoms with E-state index in [-0.39, 0.29) is 0 Å². The van der Waals surface area contributed by atoms with Gasteiger partial charge < -0.3 is 15.1 Å². The first-order valence-electron chi connectivity index (χ1n) is 5.60. The Morgan fingerprint density at radius 3 is 2.88 bits per heavy atom. The lowest BCUT2D eigenvalue weighted by Gasteiger charge is -2.18. The summed E-state index contributed by atoms with van der Waals surface area (Å²) in [4.78, 5) is 6.42. The average molecular weight is 231 g/mol. The zero-order valence-electron chi connectivity index (χ0n) is 10.2. The summed E-state index contributed by atoms with van der Waals surface area (Å²) < 4.78 is 5.28. The largest absolute Gasteiger partial charge is 0.469 e. The molecule has 0 aliphatic carbocycles. The van der Waals surface area contributed by atoms with Gasteiger partial charge in [0, 0.05) is 31.9 Å². The van der Waals surface area contributed by atoms with Gasteiger partial charge in [0.05, 0.1) is 6.26 Å². The van der Waals surface area contributed by atoms with E-state index in [9.17, 15) is 0 Å². The minimum absolute atomic E-state index is 0.536. The average Bonchev–Trinajstić information content (AvgIpc) is 2.75. The van der Waals surface area contributed by atoms with Crippen molar-refractivity contribution >= 4 is 5.82 Å². The van der Waals surface area contributed by atoms with Gasteiger partial charge in [0.2, 0.25) is 0 Å². The molecule has 90 valence electrons. The molecule has 0 radical (unpaired) electrons. The Balaban J connectivity index is 2.14. The standard InChI is InChI=1S/C13H17N3O/c1-10-12(4-6-17-10)9-16(2)13-7-11(8-14)3-5-15-13/h3-7H,8-9,14H2,1-2H3. The molecule has 0 fully saturated rings. The molecule has 2 aromatic heterocycles. The second-order valence-electron chi connectivity index (χ2n) is 4.08. The van der Waals surface area contributed by atoms with Crippen LogP contribution in [0.4, 0.5) is 5.82 Å². The summed E-state index contributed by atoms with van der Waals surface area (Å²) in [5.74, 6) is 1.88. The Morgan fingerprint density at radius 1 is 1.41 bits per heavy atom. The van der Waals surface area contributed by atoms with Gasteiger partial charge in [-0.25, -0.2) is 4.98 Å². The predicted octanol–water partition coefficient (Wildman–Crippen LogP) is 2.08. The molecule has 2 rings (SSSR count). The van der Waals surface area contributed by atoms with Crippen molar-refractivity contribution in [3.63, 3.8) is 0 Å². The fourth-order valence-corrected chi connectivity index (χ4v) is 1.71. The maximum Gasteiger partial charge on any atom is 0.128 e. The molecular weight excluding hydrogens is 214 g/mol. The molecular formula is C13H17N3O. The van der Waals surface area contributed by atoms with Crippen LogP contribution in [0.25, 0.3) is 0 Å². The number of anilines is 1. The summed E-state index contributed by atoms with van der Waals surface area (Å²) in [6.07, 6.45) is 3.50. The van der Waals surface area contributed by atoms with Gasteiger partial charge >= 0.3 is 0 Å². The monoisotopic (exact) mass is 231 g/mol. The topological polar surface area (TPSA) is 55.3 Å². The van der Waals surface area contributed by atoms with Crippen LogP contribution in [-0.4, -0.2) is 12.0 Å². The number of rotatable bonds is 4. The minimum Gasteiger partial charge on any atom is -0.469 e. The van der Waals surface area contributed by atoms with Crippen molar-refractivity contribution in [3.05, 3.63) is 47.5 Å². The van der Waals surface area contributed by atoms with Crippen LogP contribution in [0.5, 0.6) is 0 Å². The molecule has 0 spiro atoms. The number of hydrogen-bond donors (Lipinski definition) is 1. The van der Waals surface area contributed by atoms with Crippen molar-refractivity contribution in [2.75, 3.05) is 11.9 Å². The molecule has 2 N–H and O–H groups in total. The molecule has 17 heavy (non-hydrogen) atoms. The highest BCUT2D eigenvalue weighted by molar-refractivity contribution is 5.41. The van der Waals surface area contributed by atoms with Crippen LogP contribution in [0, 0.1) is 6.92 Å². The molecule has 0 aliphatic heterocycles. The fourth-order valence-electron chi connectivity index (χ4n) is 1.71. The molecule has 2 aromatic rings. The SMILES string of the molecule is Cc1occc1CN(C)c1cc(CN)ccn1. The van der Waals surface area contributed by atoms with E-state index in [4.69, 9.17) is 10.2 Å². The van der Waals surface area contributed by atoms with Crippen molar-refractivity contribution in [3.8, 4) is 0 Å². The second kappa shape index (κ2) is 5.01. The smallest absolute Gasteiger partial charge is 0.128 e. The van der Waals surface area contributed by atoms with Gasteiger partial charge in [-0.15, -0.1) is 0 Å². The molecule has 2 heterocycles. The normalized spacial score (nSPS) is 10.5. The van der Waals surface area contributed by atoms with Gasteiger partial charge in [0.25, 0.3) is 0 Å². The van der Waals surface area contributed by atoms with Crippen LogP contribution >= 0.6 is 0 Å². The van der Waals surface area contributed by atoms with Crippen LogP contribution in [0.3, 0.4) is 0 Å². The number of furan rings is 1. The lowest BCUT2D eigenvalue weighted by Crippen LogP contribution is -2.18. The number of hydrogen-bond acceptors (Lipinski definition) is 4. The lowest BCUT2D eigenvalue weighted by atomic mass is 10.2. The van der Waals surface area contributed by atoms with Crippen molar-refractivity contribution in [1.29, 1.82) is 0 Å². The maximum absolute atomic E-state index is 5.62. The fraction of sp³-hybridized carbons (Fsp3) is 0.308. The third-order valence-corrected chi connectivity index (χ3v) is 2.81. The molecule has 0 aromatic carbocycles. The van der Waals surface area contributed by atoms with Crippen molar-refractivity contribution in [2.45, 2.75) is 20.0 Å². The van der Waals surface area contributed by atoms with Crippen molar-refractivity contribution in [2.24, 2.45) is 5.73 Å². The Labute approximate surface area is 101 Å². The van der Waals surface area contributed by atoms with Gasteiger partial charge in [-0.05, 0) is 30.7 Å². The third kappa shape index (κ3) is 2.65. The van der Waals surface area contributed by atoms with Gasteiger partial charge in [0.15, 0.2) is 0 Å². The number of nitrogens with two attached hydrogens (primary N) is 1. The van der Waals surface area contributed by atoms with E-state index in [0.29, 0.717) is 6.54 Å². The van der Waals surface area contributed by atoms with Crippen molar-refractivity contribution in [1.82, 2.24) is 4.98 Å². The predicted molar refractivity (Wildman–Crippen MR) is 67.7 cm³/mol. The summed E-state index contributed by atoms with van der Waals surface area (Å²) in [5.41, 5.74) is 7.88. The highest BCUT2D eigenvalue weighted by atomic mass is 16.3. The van der Waals surface area contributed by atoms with E-state index in [1.165, 1.54) is 5.56 Å². The highest BCUT2D eigenvalue weighted by Gasteiger charge is 2.07. The van der Waals surface area contributed by atoms with Crippen LogP contribution in [0.1, 0.15) is 16.9 Å². The summed E-state index contributed by atoms with van der Waals surface area (Å²) in [7, 11) is 2.01. The van der Waals surface area contributed by atoms with Crippen LogP contribution < -0.4 is 10.6 Å². The summed E-state index contributed by atoms with van der Waals surface area (Å²) in [6.45, 7) is 3.28. The van der Waals surface area contributed by atoms with Crippen LogP contribution in [-0.2, 0) is 13.1 Å². The quantitative estimate of drug-likeness (QED) is 0.875. The zero-order chi connectivity index (χ0) is 12.3. The van der Waals surface area contributed by atoms with Gasteiger partial charge in [-0.2, -0.15) is 0 Å². The van der Waals surface area contributed by atoms with E-state index in [1.807, 2.05) is 32.2 Å². The van der Waals surface area contributed by atoms with Crippen LogP contribution in [0.15, 0.2) is 35.1 Å². The summed E-state index contributed by atoms with van der Waals surface area (Å²) in [5, 5.41) is 0. The van der Waals surface area contributed by atoms with E-state index in [0.717, 1.165) is 23.7 Å². The molecule has 4 nitrogen and oxygen atoms in total. The van der Waals surface area contributed by atoms with E-state index < -0.39 is 0 Å². The first kappa shape index (κ1) is 11.7.